The maximum Gasteiger partial charge on any atom is 0.174 e. The highest BCUT2D eigenvalue weighted by atomic mass is 35.5. The van der Waals surface area contributed by atoms with Gasteiger partial charge < -0.3 is 5.32 Å². The molecule has 90 valence electrons. The minimum Gasteiger partial charge on any atom is -0.373 e. The van der Waals surface area contributed by atoms with Gasteiger partial charge in [0, 0.05) is 12.8 Å². The quantitative estimate of drug-likeness (QED) is 0.875. The number of thioether (sulfide) groups is 1. The monoisotopic (exact) mass is 286 g/mol. The summed E-state index contributed by atoms with van der Waals surface area (Å²) < 4.78 is 0.940. The van der Waals surface area contributed by atoms with E-state index in [-0.39, 0.29) is 0 Å². The van der Waals surface area contributed by atoms with Gasteiger partial charge in [-0.1, -0.05) is 34.7 Å². The summed E-state index contributed by atoms with van der Waals surface area (Å²) in [5, 5.41) is 12.7. The Morgan fingerprint density at radius 3 is 2.88 bits per heavy atom. The maximum absolute atomic E-state index is 6.09. The fourth-order valence-corrected chi connectivity index (χ4v) is 3.21. The fourth-order valence-electron chi connectivity index (χ4n) is 1.19. The Balaban J connectivity index is 2.07. The van der Waals surface area contributed by atoms with Gasteiger partial charge in [0.05, 0.1) is 10.7 Å². The number of halogens is 1. The third-order valence-corrected chi connectivity index (χ3v) is 4.34. The summed E-state index contributed by atoms with van der Waals surface area (Å²) in [6.07, 6.45) is 0. The molecule has 0 unspecified atom stereocenters. The van der Waals surface area contributed by atoms with Crippen LogP contribution < -0.4 is 5.32 Å². The summed E-state index contributed by atoms with van der Waals surface area (Å²) >= 11 is 9.26. The van der Waals surface area contributed by atoms with Crippen LogP contribution in [0, 0.1) is 6.92 Å². The van der Waals surface area contributed by atoms with Crippen LogP contribution in [0.5, 0.6) is 0 Å². The van der Waals surface area contributed by atoms with E-state index in [0.717, 1.165) is 20.9 Å². The number of pyridine rings is 1. The third-order valence-electron chi connectivity index (χ3n) is 2.01. The molecule has 2 aromatic rings. The molecule has 0 radical (unpaired) electrons. The highest BCUT2D eigenvalue weighted by molar-refractivity contribution is 8.00. The zero-order valence-electron chi connectivity index (χ0n) is 9.40. The molecule has 0 amide bonds. The second-order valence-electron chi connectivity index (χ2n) is 3.25. The van der Waals surface area contributed by atoms with Crippen molar-refractivity contribution in [1.82, 2.24) is 15.2 Å². The Bertz CT molecular complexity index is 515. The molecule has 0 saturated carbocycles. The molecule has 1 N–H and O–H groups in total. The van der Waals surface area contributed by atoms with Crippen molar-refractivity contribution in [3.63, 3.8) is 0 Å². The van der Waals surface area contributed by atoms with E-state index in [2.05, 4.69) is 20.5 Å². The van der Waals surface area contributed by atoms with E-state index in [0.29, 0.717) is 10.8 Å². The molecular formula is C10H11ClN4S2. The summed E-state index contributed by atoms with van der Waals surface area (Å²) in [6, 6.07) is 3.70. The van der Waals surface area contributed by atoms with E-state index in [4.69, 9.17) is 11.6 Å². The number of nitrogens with one attached hydrogen (secondary N) is 1. The molecule has 0 aliphatic carbocycles. The molecule has 0 atom stereocenters. The Labute approximate surface area is 113 Å². The second kappa shape index (κ2) is 5.66. The molecule has 17 heavy (non-hydrogen) atoms. The first-order chi connectivity index (χ1) is 8.19. The molecule has 0 bridgehead atoms. The van der Waals surface area contributed by atoms with Crippen molar-refractivity contribution in [2.75, 3.05) is 12.4 Å². The minimum atomic E-state index is 0.678. The van der Waals surface area contributed by atoms with Crippen LogP contribution in [0.1, 0.15) is 10.7 Å². The Morgan fingerprint density at radius 1 is 1.41 bits per heavy atom. The van der Waals surface area contributed by atoms with Crippen molar-refractivity contribution in [1.29, 1.82) is 0 Å². The van der Waals surface area contributed by atoms with Gasteiger partial charge in [0.15, 0.2) is 4.34 Å². The zero-order chi connectivity index (χ0) is 12.3. The molecule has 4 nitrogen and oxygen atoms in total. The summed E-state index contributed by atoms with van der Waals surface area (Å²) in [5.41, 5.74) is 0.858. The van der Waals surface area contributed by atoms with Crippen molar-refractivity contribution >= 4 is 40.5 Å². The summed E-state index contributed by atoms with van der Waals surface area (Å²) in [6.45, 7) is 1.94. The van der Waals surface area contributed by atoms with Gasteiger partial charge in [-0.2, -0.15) is 0 Å². The average molecular weight is 287 g/mol. The number of hydrogen-bond acceptors (Lipinski definition) is 6. The summed E-state index contributed by atoms with van der Waals surface area (Å²) in [7, 11) is 1.83. The maximum atomic E-state index is 6.09. The molecular weight excluding hydrogens is 276 g/mol. The predicted molar refractivity (Wildman–Crippen MR) is 73.0 cm³/mol. The largest absolute Gasteiger partial charge is 0.373 e. The number of aromatic nitrogens is 3. The predicted octanol–water partition coefficient (Wildman–Crippen LogP) is 3.23. The van der Waals surface area contributed by atoms with Gasteiger partial charge in [-0.15, -0.1) is 10.2 Å². The van der Waals surface area contributed by atoms with Crippen LogP contribution in [-0.2, 0) is 5.75 Å². The van der Waals surface area contributed by atoms with Crippen LogP contribution in [0.15, 0.2) is 16.5 Å². The van der Waals surface area contributed by atoms with Crippen LogP contribution in [0.3, 0.4) is 0 Å². The van der Waals surface area contributed by atoms with Crippen molar-refractivity contribution in [2.45, 2.75) is 17.0 Å². The van der Waals surface area contributed by atoms with E-state index in [1.807, 2.05) is 26.1 Å². The molecule has 2 heterocycles. The SMILES string of the molecule is CNc1ccc(Cl)c(CSc2nnc(C)s2)n1. The van der Waals surface area contributed by atoms with Gasteiger partial charge in [0.25, 0.3) is 0 Å². The first-order valence-electron chi connectivity index (χ1n) is 4.95. The average Bonchev–Trinajstić information content (AvgIpc) is 2.74. The van der Waals surface area contributed by atoms with Crippen molar-refractivity contribution < 1.29 is 0 Å². The Morgan fingerprint density at radius 2 is 2.24 bits per heavy atom. The highest BCUT2D eigenvalue weighted by Crippen LogP contribution is 2.28. The van der Waals surface area contributed by atoms with Crippen LogP contribution in [-0.4, -0.2) is 22.2 Å². The molecule has 0 fully saturated rings. The van der Waals surface area contributed by atoms with Gasteiger partial charge in [0.2, 0.25) is 0 Å². The molecule has 2 rings (SSSR count). The third kappa shape index (κ3) is 3.31. The lowest BCUT2D eigenvalue weighted by molar-refractivity contribution is 0.983. The number of hydrogen-bond donors (Lipinski definition) is 1. The number of anilines is 1. The highest BCUT2D eigenvalue weighted by Gasteiger charge is 2.07. The summed E-state index contributed by atoms with van der Waals surface area (Å²) in [4.78, 5) is 4.41. The number of rotatable bonds is 4. The topological polar surface area (TPSA) is 50.7 Å². The van der Waals surface area contributed by atoms with Crippen LogP contribution in [0.4, 0.5) is 5.82 Å². The standard InChI is InChI=1S/C10H11ClN4S2/c1-6-14-15-10(17-6)16-5-8-7(11)3-4-9(12-2)13-8/h3-4H,5H2,1-2H3,(H,12,13). The zero-order valence-corrected chi connectivity index (χ0v) is 11.8. The molecule has 0 saturated heterocycles. The summed E-state index contributed by atoms with van der Waals surface area (Å²) in [5.74, 6) is 1.52. The first-order valence-corrected chi connectivity index (χ1v) is 7.13. The van der Waals surface area contributed by atoms with Crippen LogP contribution >= 0.6 is 34.7 Å². The number of nitrogens with zero attached hydrogens (tertiary/aromatic N) is 3. The van der Waals surface area contributed by atoms with Crippen molar-refractivity contribution in [3.05, 3.63) is 27.9 Å². The lowest BCUT2D eigenvalue weighted by Gasteiger charge is -2.04. The van der Waals surface area contributed by atoms with E-state index >= 15 is 0 Å². The van der Waals surface area contributed by atoms with Crippen molar-refractivity contribution in [3.8, 4) is 0 Å². The molecule has 0 aliphatic rings. The van der Waals surface area contributed by atoms with E-state index in [1.54, 1.807) is 23.1 Å². The van der Waals surface area contributed by atoms with E-state index < -0.39 is 0 Å². The van der Waals surface area contributed by atoms with E-state index in [1.165, 1.54) is 0 Å². The van der Waals surface area contributed by atoms with Gasteiger partial charge in [-0.3, -0.25) is 0 Å². The lowest BCUT2D eigenvalue weighted by atomic mass is 10.3. The Kier molecular flexibility index (Phi) is 4.20. The molecule has 0 spiro atoms. The van der Waals surface area contributed by atoms with Crippen molar-refractivity contribution in [2.24, 2.45) is 0 Å². The lowest BCUT2D eigenvalue weighted by Crippen LogP contribution is -1.96. The van der Waals surface area contributed by atoms with Gasteiger partial charge in [0.1, 0.15) is 10.8 Å². The molecule has 0 aliphatic heterocycles. The molecule has 7 heteroatoms. The smallest absolute Gasteiger partial charge is 0.174 e. The number of aryl methyl sites for hydroxylation is 1. The second-order valence-corrected chi connectivity index (χ2v) is 6.06. The van der Waals surface area contributed by atoms with Gasteiger partial charge >= 0.3 is 0 Å². The first kappa shape index (κ1) is 12.6. The normalized spacial score (nSPS) is 10.5. The van der Waals surface area contributed by atoms with Gasteiger partial charge in [-0.05, 0) is 19.1 Å². The Hall–Kier alpha value is -0.850. The minimum absolute atomic E-state index is 0.678. The van der Waals surface area contributed by atoms with Crippen LogP contribution in [0.25, 0.3) is 0 Å². The molecule has 0 aromatic carbocycles. The van der Waals surface area contributed by atoms with Crippen LogP contribution in [0.2, 0.25) is 5.02 Å². The molecule has 2 aromatic heterocycles. The van der Waals surface area contributed by atoms with E-state index in [9.17, 15) is 0 Å². The van der Waals surface area contributed by atoms with Gasteiger partial charge in [-0.25, -0.2) is 4.98 Å². The fraction of sp³-hybridized carbons (Fsp3) is 0.300.